The van der Waals surface area contributed by atoms with Gasteiger partial charge < -0.3 is 19.6 Å². The molecule has 3 atom stereocenters. The van der Waals surface area contributed by atoms with Gasteiger partial charge in [0.05, 0.1) is 18.8 Å². The van der Waals surface area contributed by atoms with Crippen molar-refractivity contribution < 1.29 is 14.3 Å². The number of benzene rings is 1. The smallest absolute Gasteiger partial charge is 0.356 e. The summed E-state index contributed by atoms with van der Waals surface area (Å²) in [6, 6.07) is 12.5. The van der Waals surface area contributed by atoms with Gasteiger partial charge in [0.1, 0.15) is 5.69 Å². The van der Waals surface area contributed by atoms with E-state index in [1.54, 1.807) is 6.07 Å². The Hall–Kier alpha value is -3.39. The van der Waals surface area contributed by atoms with E-state index >= 15 is 0 Å². The van der Waals surface area contributed by atoms with Gasteiger partial charge in [0.25, 0.3) is 5.56 Å². The third kappa shape index (κ3) is 3.40. The number of carbonyl (C=O) groups is 2. The molecule has 5 rings (SSSR count). The number of nitrogens with one attached hydrogen (secondary N) is 2. The molecule has 0 spiro atoms. The number of para-hydroxylation sites is 1. The van der Waals surface area contributed by atoms with Crippen LogP contribution in [0.4, 0.5) is 5.69 Å². The van der Waals surface area contributed by atoms with Crippen LogP contribution in [0.3, 0.4) is 0 Å². The first kappa shape index (κ1) is 20.5. The number of amides is 1. The van der Waals surface area contributed by atoms with Crippen molar-refractivity contribution in [2.75, 3.05) is 25.5 Å². The van der Waals surface area contributed by atoms with Gasteiger partial charge in [-0.2, -0.15) is 0 Å². The zero-order chi connectivity index (χ0) is 22.4. The average molecular weight is 434 g/mol. The molecule has 8 nitrogen and oxygen atoms in total. The zero-order valence-electron chi connectivity index (χ0n) is 18.1. The number of rotatable bonds is 4. The molecule has 3 aromatic rings. The molecule has 8 heteroatoms. The molecule has 1 aromatic carbocycles. The van der Waals surface area contributed by atoms with Crippen LogP contribution in [-0.2, 0) is 16.1 Å². The first-order chi connectivity index (χ1) is 15.5. The molecule has 2 aliphatic rings. The summed E-state index contributed by atoms with van der Waals surface area (Å²) in [7, 11) is 1.32. The van der Waals surface area contributed by atoms with Crippen LogP contribution in [0.5, 0.6) is 0 Å². The largest absolute Gasteiger partial charge is 0.464 e. The first-order valence-electron chi connectivity index (χ1n) is 10.9. The zero-order valence-corrected chi connectivity index (χ0v) is 18.1. The van der Waals surface area contributed by atoms with Crippen LogP contribution in [0, 0.1) is 5.92 Å². The molecule has 0 saturated carbocycles. The van der Waals surface area contributed by atoms with Gasteiger partial charge in [0.2, 0.25) is 5.91 Å². The van der Waals surface area contributed by atoms with E-state index in [1.807, 2.05) is 47.9 Å². The molecule has 166 valence electrons. The third-order valence-corrected chi connectivity index (χ3v) is 6.78. The second-order valence-electron chi connectivity index (χ2n) is 8.73. The highest BCUT2D eigenvalue weighted by Gasteiger charge is 2.37. The number of hydrogen-bond donors (Lipinski definition) is 2. The Morgan fingerprint density at radius 1 is 1.12 bits per heavy atom. The fourth-order valence-electron chi connectivity index (χ4n) is 5.17. The van der Waals surface area contributed by atoms with E-state index in [0.717, 1.165) is 29.6 Å². The summed E-state index contributed by atoms with van der Waals surface area (Å²) in [5, 5.41) is 3.73. The summed E-state index contributed by atoms with van der Waals surface area (Å²) in [4.78, 5) is 43.0. The van der Waals surface area contributed by atoms with Crippen molar-refractivity contribution in [1.29, 1.82) is 0 Å². The number of anilines is 1. The van der Waals surface area contributed by atoms with Gasteiger partial charge in [0, 0.05) is 48.2 Å². The molecule has 2 aromatic heterocycles. The number of carbonyl (C=O) groups excluding carboxylic acids is 2. The van der Waals surface area contributed by atoms with E-state index in [-0.39, 0.29) is 29.1 Å². The van der Waals surface area contributed by atoms with E-state index in [4.69, 9.17) is 4.74 Å². The second kappa shape index (κ2) is 7.94. The lowest BCUT2D eigenvalue weighted by Crippen LogP contribution is -2.52. The molecular weight excluding hydrogens is 408 g/mol. The minimum Gasteiger partial charge on any atom is -0.464 e. The SMILES string of the molecule is COC(=O)c1[nH]c2ccccc2c1NC(=O)[C@H](C)N1C[C@@H]2C[C@@H](C1)c1cccc(=O)n1C2. The molecule has 0 radical (unpaired) electrons. The Morgan fingerprint density at radius 3 is 2.75 bits per heavy atom. The lowest BCUT2D eigenvalue weighted by molar-refractivity contribution is -0.121. The van der Waals surface area contributed by atoms with Crippen LogP contribution in [0.1, 0.15) is 35.4 Å². The second-order valence-corrected chi connectivity index (χ2v) is 8.73. The van der Waals surface area contributed by atoms with Crippen LogP contribution in [0.2, 0.25) is 0 Å². The monoisotopic (exact) mass is 434 g/mol. The predicted octanol–water partition coefficient (Wildman–Crippen LogP) is 2.56. The van der Waals surface area contributed by atoms with E-state index in [0.29, 0.717) is 24.7 Å². The maximum Gasteiger partial charge on any atom is 0.356 e. The Balaban J connectivity index is 1.39. The van der Waals surface area contributed by atoms with Crippen molar-refractivity contribution in [2.45, 2.75) is 31.8 Å². The fourth-order valence-corrected chi connectivity index (χ4v) is 5.17. The van der Waals surface area contributed by atoms with Crippen molar-refractivity contribution in [3.05, 3.63) is 64.2 Å². The molecule has 0 unspecified atom stereocenters. The lowest BCUT2D eigenvalue weighted by atomic mass is 9.82. The quantitative estimate of drug-likeness (QED) is 0.616. The summed E-state index contributed by atoms with van der Waals surface area (Å²) in [5.74, 6) is -0.148. The minimum absolute atomic E-state index is 0.0473. The topological polar surface area (TPSA) is 96.4 Å². The van der Waals surface area contributed by atoms with Gasteiger partial charge in [-0.3, -0.25) is 14.5 Å². The number of likely N-dealkylation sites (tertiary alicyclic amines) is 1. The van der Waals surface area contributed by atoms with Crippen molar-refractivity contribution in [1.82, 2.24) is 14.5 Å². The van der Waals surface area contributed by atoms with E-state index in [2.05, 4.69) is 15.2 Å². The Morgan fingerprint density at radius 2 is 1.94 bits per heavy atom. The number of aromatic amines is 1. The Labute approximate surface area is 185 Å². The minimum atomic E-state index is -0.529. The summed E-state index contributed by atoms with van der Waals surface area (Å²) in [5.41, 5.74) is 2.53. The van der Waals surface area contributed by atoms with Crippen molar-refractivity contribution in [3.63, 3.8) is 0 Å². The summed E-state index contributed by atoms with van der Waals surface area (Å²) in [6.45, 7) is 4.04. The number of H-pyrrole nitrogens is 1. The van der Waals surface area contributed by atoms with Gasteiger partial charge in [-0.25, -0.2) is 4.79 Å². The van der Waals surface area contributed by atoms with Gasteiger partial charge in [-0.05, 0) is 31.4 Å². The number of methoxy groups -OCH3 is 1. The van der Waals surface area contributed by atoms with Crippen LogP contribution < -0.4 is 10.9 Å². The third-order valence-electron chi connectivity index (χ3n) is 6.78. The highest BCUT2D eigenvalue weighted by molar-refractivity contribution is 6.11. The maximum absolute atomic E-state index is 13.3. The lowest BCUT2D eigenvalue weighted by Gasteiger charge is -2.44. The molecule has 1 fully saturated rings. The number of pyridine rings is 1. The van der Waals surface area contributed by atoms with Crippen molar-refractivity contribution in [2.24, 2.45) is 5.92 Å². The summed E-state index contributed by atoms with van der Waals surface area (Å²) in [6.07, 6.45) is 1.03. The Kier molecular flexibility index (Phi) is 5.09. The molecule has 2 N–H and O–H groups in total. The standard InChI is InChI=1S/C24H26N4O4/c1-14(27-11-15-10-16(13-27)19-8-5-9-20(29)28(19)12-15)23(30)26-21-17-6-3-4-7-18(17)25-22(21)24(31)32-2/h3-9,14-16,25H,10-13H2,1-2H3,(H,26,30)/t14-,15-,16-/m0/s1. The predicted molar refractivity (Wildman–Crippen MR) is 121 cm³/mol. The van der Waals surface area contributed by atoms with Gasteiger partial charge in [-0.1, -0.05) is 24.3 Å². The number of hydrogen-bond acceptors (Lipinski definition) is 5. The van der Waals surface area contributed by atoms with Crippen LogP contribution in [-0.4, -0.2) is 52.6 Å². The molecule has 2 aliphatic heterocycles. The summed E-state index contributed by atoms with van der Waals surface area (Å²) < 4.78 is 6.78. The van der Waals surface area contributed by atoms with Crippen LogP contribution >= 0.6 is 0 Å². The highest BCUT2D eigenvalue weighted by atomic mass is 16.5. The summed E-state index contributed by atoms with van der Waals surface area (Å²) >= 11 is 0. The van der Waals surface area contributed by atoms with E-state index in [1.165, 1.54) is 7.11 Å². The van der Waals surface area contributed by atoms with Gasteiger partial charge in [0.15, 0.2) is 0 Å². The van der Waals surface area contributed by atoms with Gasteiger partial charge in [-0.15, -0.1) is 0 Å². The molecule has 1 amide bonds. The number of esters is 1. The average Bonchev–Trinajstić information content (AvgIpc) is 3.17. The van der Waals surface area contributed by atoms with Crippen LogP contribution in [0.15, 0.2) is 47.3 Å². The molecular formula is C24H26N4O4. The highest BCUT2D eigenvalue weighted by Crippen LogP contribution is 2.36. The van der Waals surface area contributed by atoms with Gasteiger partial charge >= 0.3 is 5.97 Å². The van der Waals surface area contributed by atoms with Crippen molar-refractivity contribution in [3.8, 4) is 0 Å². The number of fused-ring (bicyclic) bond motifs is 5. The van der Waals surface area contributed by atoms with E-state index in [9.17, 15) is 14.4 Å². The molecule has 4 heterocycles. The molecule has 0 aliphatic carbocycles. The molecule has 1 saturated heterocycles. The fraction of sp³-hybridized carbons (Fsp3) is 0.375. The number of nitrogens with zero attached hydrogens (tertiary/aromatic N) is 2. The van der Waals surface area contributed by atoms with E-state index < -0.39 is 5.97 Å². The Bertz CT molecular complexity index is 1260. The molecule has 32 heavy (non-hydrogen) atoms. The van der Waals surface area contributed by atoms with Crippen molar-refractivity contribution >= 4 is 28.5 Å². The maximum atomic E-state index is 13.3. The number of aromatic nitrogens is 2. The first-order valence-corrected chi connectivity index (χ1v) is 10.9. The number of piperidine rings is 1. The van der Waals surface area contributed by atoms with Crippen LogP contribution in [0.25, 0.3) is 10.9 Å². The normalized spacial score (nSPS) is 21.1. The molecule has 2 bridgehead atoms. The number of ether oxygens (including phenoxy) is 1.